The number of piperidine rings is 1. The van der Waals surface area contributed by atoms with Crippen molar-refractivity contribution in [2.75, 3.05) is 19.7 Å². The standard InChI is InChI=1S/C18H25NO2/c1-2-3-15-21-17-10-7-16(8-11-17)9-12-18(20)19-13-5-4-6-14-19/h7-12H,2-6,13-15H2,1H3/b12-9-. The molecule has 0 aromatic heterocycles. The number of unbranched alkanes of at least 4 members (excludes halogenated alkanes) is 1. The van der Waals surface area contributed by atoms with E-state index in [4.69, 9.17) is 4.74 Å². The third kappa shape index (κ3) is 5.25. The molecule has 1 amide bonds. The number of benzene rings is 1. The van der Waals surface area contributed by atoms with Crippen LogP contribution in [0.1, 0.15) is 44.6 Å². The molecule has 0 radical (unpaired) electrons. The van der Waals surface area contributed by atoms with Crippen LogP contribution in [0.4, 0.5) is 0 Å². The molecule has 1 saturated heterocycles. The summed E-state index contributed by atoms with van der Waals surface area (Å²) in [6.07, 6.45) is 9.27. The number of rotatable bonds is 6. The number of amides is 1. The van der Waals surface area contributed by atoms with Crippen molar-refractivity contribution in [1.29, 1.82) is 0 Å². The summed E-state index contributed by atoms with van der Waals surface area (Å²) in [5, 5.41) is 0. The van der Waals surface area contributed by atoms with E-state index < -0.39 is 0 Å². The molecule has 0 unspecified atom stereocenters. The SMILES string of the molecule is CCCCOc1ccc(/C=C\C(=O)N2CCCCC2)cc1. The van der Waals surface area contributed by atoms with E-state index in [-0.39, 0.29) is 5.91 Å². The third-order valence-corrected chi connectivity index (χ3v) is 3.73. The fraction of sp³-hybridized carbons (Fsp3) is 0.500. The Balaban J connectivity index is 1.84. The normalized spacial score (nSPS) is 15.4. The zero-order valence-electron chi connectivity index (χ0n) is 12.9. The van der Waals surface area contributed by atoms with E-state index >= 15 is 0 Å². The van der Waals surface area contributed by atoms with E-state index in [0.717, 1.165) is 56.7 Å². The minimum absolute atomic E-state index is 0.123. The fourth-order valence-electron chi connectivity index (χ4n) is 2.40. The molecule has 21 heavy (non-hydrogen) atoms. The molecule has 0 bridgehead atoms. The van der Waals surface area contributed by atoms with Crippen LogP contribution in [-0.2, 0) is 4.79 Å². The van der Waals surface area contributed by atoms with Gasteiger partial charge in [-0.1, -0.05) is 25.5 Å². The molecule has 1 aromatic rings. The summed E-state index contributed by atoms with van der Waals surface area (Å²) in [6, 6.07) is 7.89. The van der Waals surface area contributed by atoms with Gasteiger partial charge in [0.25, 0.3) is 0 Å². The quantitative estimate of drug-likeness (QED) is 0.587. The van der Waals surface area contributed by atoms with Gasteiger partial charge in [0.05, 0.1) is 6.61 Å². The molecule has 1 fully saturated rings. The average Bonchev–Trinajstić information content (AvgIpc) is 2.55. The van der Waals surface area contributed by atoms with Crippen LogP contribution in [0, 0.1) is 0 Å². The number of ether oxygens (including phenoxy) is 1. The molecular weight excluding hydrogens is 262 g/mol. The first-order valence-electron chi connectivity index (χ1n) is 7.99. The summed E-state index contributed by atoms with van der Waals surface area (Å²) in [5.41, 5.74) is 1.03. The summed E-state index contributed by atoms with van der Waals surface area (Å²) in [7, 11) is 0. The minimum atomic E-state index is 0.123. The van der Waals surface area contributed by atoms with Gasteiger partial charge in [-0.3, -0.25) is 4.79 Å². The molecule has 2 rings (SSSR count). The zero-order chi connectivity index (χ0) is 14.9. The predicted octanol–water partition coefficient (Wildman–Crippen LogP) is 3.89. The van der Waals surface area contributed by atoms with Crippen molar-refractivity contribution in [3.05, 3.63) is 35.9 Å². The Kier molecular flexibility index (Phi) is 6.32. The van der Waals surface area contributed by atoms with Crippen LogP contribution >= 0.6 is 0 Å². The van der Waals surface area contributed by atoms with Crippen LogP contribution in [0.25, 0.3) is 6.08 Å². The summed E-state index contributed by atoms with van der Waals surface area (Å²) in [5.74, 6) is 1.01. The lowest BCUT2D eigenvalue weighted by molar-refractivity contribution is -0.126. The van der Waals surface area contributed by atoms with Crippen LogP contribution in [0.3, 0.4) is 0 Å². The Hall–Kier alpha value is -1.77. The van der Waals surface area contributed by atoms with Crippen molar-refractivity contribution in [3.63, 3.8) is 0 Å². The van der Waals surface area contributed by atoms with E-state index in [1.54, 1.807) is 6.08 Å². The van der Waals surface area contributed by atoms with E-state index in [9.17, 15) is 4.79 Å². The number of hydrogen-bond acceptors (Lipinski definition) is 2. The molecule has 114 valence electrons. The summed E-state index contributed by atoms with van der Waals surface area (Å²) in [6.45, 7) is 4.70. The van der Waals surface area contributed by atoms with Crippen molar-refractivity contribution in [2.45, 2.75) is 39.0 Å². The van der Waals surface area contributed by atoms with Gasteiger partial charge in [0.1, 0.15) is 5.75 Å². The van der Waals surface area contributed by atoms with Crippen LogP contribution in [0.2, 0.25) is 0 Å². The van der Waals surface area contributed by atoms with Crippen LogP contribution in [0.15, 0.2) is 30.3 Å². The Morgan fingerprint density at radius 1 is 1.19 bits per heavy atom. The lowest BCUT2D eigenvalue weighted by Gasteiger charge is -2.25. The lowest BCUT2D eigenvalue weighted by Crippen LogP contribution is -2.34. The molecule has 1 aromatic carbocycles. The maximum atomic E-state index is 12.0. The molecular formula is C18H25NO2. The van der Waals surface area contributed by atoms with Gasteiger partial charge in [0.15, 0.2) is 0 Å². The van der Waals surface area contributed by atoms with Gasteiger partial charge in [-0.25, -0.2) is 0 Å². The van der Waals surface area contributed by atoms with Gasteiger partial charge >= 0.3 is 0 Å². The van der Waals surface area contributed by atoms with E-state index in [0.29, 0.717) is 0 Å². The van der Waals surface area contributed by atoms with E-state index in [1.165, 1.54) is 6.42 Å². The van der Waals surface area contributed by atoms with E-state index in [2.05, 4.69) is 6.92 Å². The highest BCUT2D eigenvalue weighted by Gasteiger charge is 2.13. The first-order chi connectivity index (χ1) is 10.3. The third-order valence-electron chi connectivity index (χ3n) is 3.73. The van der Waals surface area contributed by atoms with Crippen molar-refractivity contribution in [3.8, 4) is 5.75 Å². The first-order valence-corrected chi connectivity index (χ1v) is 7.99. The molecule has 0 atom stereocenters. The van der Waals surface area contributed by atoms with Crippen LogP contribution in [-0.4, -0.2) is 30.5 Å². The Labute approximate surface area is 127 Å². The molecule has 1 aliphatic rings. The predicted molar refractivity (Wildman–Crippen MR) is 86.3 cm³/mol. The van der Waals surface area contributed by atoms with Crippen molar-refractivity contribution < 1.29 is 9.53 Å². The van der Waals surface area contributed by atoms with Gasteiger partial charge < -0.3 is 9.64 Å². The Morgan fingerprint density at radius 2 is 1.90 bits per heavy atom. The Bertz CT molecular complexity index is 459. The highest BCUT2D eigenvalue weighted by atomic mass is 16.5. The summed E-state index contributed by atoms with van der Waals surface area (Å²) < 4.78 is 5.62. The zero-order valence-corrected chi connectivity index (χ0v) is 12.9. The summed E-state index contributed by atoms with van der Waals surface area (Å²) >= 11 is 0. The fourth-order valence-corrected chi connectivity index (χ4v) is 2.40. The molecule has 3 heteroatoms. The smallest absolute Gasteiger partial charge is 0.246 e. The number of carbonyl (C=O) groups excluding carboxylic acids is 1. The Morgan fingerprint density at radius 3 is 2.57 bits per heavy atom. The van der Waals surface area contributed by atoms with Crippen LogP contribution < -0.4 is 4.74 Å². The summed E-state index contributed by atoms with van der Waals surface area (Å²) in [4.78, 5) is 14.0. The minimum Gasteiger partial charge on any atom is -0.494 e. The highest BCUT2D eigenvalue weighted by molar-refractivity contribution is 5.91. The van der Waals surface area contributed by atoms with Gasteiger partial charge in [-0.15, -0.1) is 0 Å². The van der Waals surface area contributed by atoms with Crippen molar-refractivity contribution in [1.82, 2.24) is 4.90 Å². The molecule has 1 aliphatic heterocycles. The maximum Gasteiger partial charge on any atom is 0.246 e. The molecule has 3 nitrogen and oxygen atoms in total. The second-order valence-corrected chi connectivity index (χ2v) is 5.49. The first kappa shape index (κ1) is 15.6. The van der Waals surface area contributed by atoms with Crippen molar-refractivity contribution >= 4 is 12.0 Å². The maximum absolute atomic E-state index is 12.0. The lowest BCUT2D eigenvalue weighted by atomic mass is 10.1. The monoisotopic (exact) mass is 287 g/mol. The molecule has 0 spiro atoms. The van der Waals surface area contributed by atoms with Gasteiger partial charge in [0.2, 0.25) is 5.91 Å². The topological polar surface area (TPSA) is 29.5 Å². The number of nitrogens with zero attached hydrogens (tertiary/aromatic N) is 1. The molecule has 1 heterocycles. The number of carbonyl (C=O) groups is 1. The second-order valence-electron chi connectivity index (χ2n) is 5.49. The van der Waals surface area contributed by atoms with Crippen LogP contribution in [0.5, 0.6) is 5.75 Å². The van der Waals surface area contributed by atoms with Gasteiger partial charge in [0, 0.05) is 19.2 Å². The average molecular weight is 287 g/mol. The largest absolute Gasteiger partial charge is 0.494 e. The number of likely N-dealkylation sites (tertiary alicyclic amines) is 1. The molecule has 0 aliphatic carbocycles. The van der Waals surface area contributed by atoms with Gasteiger partial charge in [-0.05, 0) is 49.5 Å². The highest BCUT2D eigenvalue weighted by Crippen LogP contribution is 2.14. The van der Waals surface area contributed by atoms with E-state index in [1.807, 2.05) is 35.2 Å². The second kappa shape index (κ2) is 8.50. The van der Waals surface area contributed by atoms with Crippen molar-refractivity contribution in [2.24, 2.45) is 0 Å². The van der Waals surface area contributed by atoms with Gasteiger partial charge in [-0.2, -0.15) is 0 Å². The molecule has 0 saturated carbocycles. The molecule has 0 N–H and O–H groups in total. The number of hydrogen-bond donors (Lipinski definition) is 0.